The molecule has 2 aromatic carbocycles. The Hall–Kier alpha value is -2.35. The number of benzene rings is 2. The highest BCUT2D eigenvalue weighted by Crippen LogP contribution is 2.39. The number of carboxylic acid groups (broad SMARTS) is 1. The molecule has 0 aliphatic rings. The van der Waals surface area contributed by atoms with Crippen LogP contribution >= 0.6 is 12.6 Å². The SMILES string of the molecule is CCOc1ccc(-c2cc(C(F)(F)F)ccc2NCC(=O)O)c(S)c1. The number of hydrogen-bond acceptors (Lipinski definition) is 4. The van der Waals surface area contributed by atoms with E-state index in [0.717, 1.165) is 12.1 Å². The third-order valence-electron chi connectivity index (χ3n) is 3.35. The van der Waals surface area contributed by atoms with E-state index < -0.39 is 24.3 Å². The quantitative estimate of drug-likeness (QED) is 0.652. The minimum absolute atomic E-state index is 0.212. The van der Waals surface area contributed by atoms with Gasteiger partial charge in [-0.05, 0) is 48.9 Å². The number of halogens is 3. The van der Waals surface area contributed by atoms with Gasteiger partial charge in [-0.2, -0.15) is 13.2 Å². The number of carboxylic acids is 1. The number of rotatable bonds is 6. The van der Waals surface area contributed by atoms with E-state index in [-0.39, 0.29) is 11.3 Å². The number of carbonyl (C=O) groups is 1. The van der Waals surface area contributed by atoms with Crippen LogP contribution in [0.15, 0.2) is 41.3 Å². The summed E-state index contributed by atoms with van der Waals surface area (Å²) in [7, 11) is 0. The van der Waals surface area contributed by atoms with Crippen LogP contribution in [0.5, 0.6) is 5.75 Å². The van der Waals surface area contributed by atoms with Crippen LogP contribution in [0.1, 0.15) is 12.5 Å². The molecular weight excluding hydrogens is 355 g/mol. The number of aliphatic carboxylic acids is 1. The summed E-state index contributed by atoms with van der Waals surface area (Å²) in [5, 5.41) is 11.4. The second kappa shape index (κ2) is 7.69. The predicted octanol–water partition coefficient (Wildman–Crippen LogP) is 4.56. The molecule has 0 aromatic heterocycles. The van der Waals surface area contributed by atoms with Crippen LogP contribution < -0.4 is 10.1 Å². The standard InChI is InChI=1S/C17H16F3NO3S/c1-2-24-11-4-5-12(15(25)8-11)13-7-10(17(18,19)20)3-6-14(13)21-9-16(22)23/h3-8,21,25H,2,9H2,1H3,(H,22,23). The van der Waals surface area contributed by atoms with Crippen LogP contribution in [0.25, 0.3) is 11.1 Å². The number of ether oxygens (including phenoxy) is 1. The van der Waals surface area contributed by atoms with Crippen molar-refractivity contribution in [3.63, 3.8) is 0 Å². The van der Waals surface area contributed by atoms with Crippen molar-refractivity contribution in [2.45, 2.75) is 18.0 Å². The van der Waals surface area contributed by atoms with Gasteiger partial charge in [0.05, 0.1) is 12.2 Å². The van der Waals surface area contributed by atoms with Crippen LogP contribution in [-0.4, -0.2) is 24.2 Å². The van der Waals surface area contributed by atoms with Crippen LogP contribution in [0.3, 0.4) is 0 Å². The largest absolute Gasteiger partial charge is 0.494 e. The van der Waals surface area contributed by atoms with Crippen molar-refractivity contribution in [1.29, 1.82) is 0 Å². The molecule has 2 aromatic rings. The molecule has 2 N–H and O–H groups in total. The Morgan fingerprint density at radius 3 is 2.48 bits per heavy atom. The highest BCUT2D eigenvalue weighted by Gasteiger charge is 2.31. The molecule has 0 amide bonds. The van der Waals surface area contributed by atoms with Gasteiger partial charge < -0.3 is 15.2 Å². The Kier molecular flexibility index (Phi) is 5.84. The summed E-state index contributed by atoms with van der Waals surface area (Å²) < 4.78 is 44.5. The Bertz CT molecular complexity index is 778. The monoisotopic (exact) mass is 371 g/mol. The van der Waals surface area contributed by atoms with Gasteiger partial charge in [0.2, 0.25) is 0 Å². The van der Waals surface area contributed by atoms with Gasteiger partial charge in [-0.25, -0.2) is 0 Å². The summed E-state index contributed by atoms with van der Waals surface area (Å²) in [5.41, 5.74) is 0.0924. The molecule has 0 saturated heterocycles. The van der Waals surface area contributed by atoms with E-state index in [1.165, 1.54) is 6.07 Å². The Morgan fingerprint density at radius 1 is 1.20 bits per heavy atom. The lowest BCUT2D eigenvalue weighted by Gasteiger charge is -2.16. The molecule has 0 saturated carbocycles. The minimum atomic E-state index is -4.51. The van der Waals surface area contributed by atoms with E-state index >= 15 is 0 Å². The highest BCUT2D eigenvalue weighted by atomic mass is 32.1. The van der Waals surface area contributed by atoms with Gasteiger partial charge in [0, 0.05) is 16.1 Å². The molecule has 0 aliphatic heterocycles. The molecule has 4 nitrogen and oxygen atoms in total. The molecule has 0 heterocycles. The van der Waals surface area contributed by atoms with Crippen molar-refractivity contribution in [2.75, 3.05) is 18.5 Å². The van der Waals surface area contributed by atoms with Crippen molar-refractivity contribution < 1.29 is 27.8 Å². The number of anilines is 1. The van der Waals surface area contributed by atoms with E-state index in [4.69, 9.17) is 9.84 Å². The van der Waals surface area contributed by atoms with Gasteiger partial charge in [-0.3, -0.25) is 4.79 Å². The molecule has 2 rings (SSSR count). The third kappa shape index (κ3) is 4.82. The average Bonchev–Trinajstić information content (AvgIpc) is 2.52. The smallest absolute Gasteiger partial charge is 0.416 e. The fourth-order valence-electron chi connectivity index (χ4n) is 2.26. The lowest BCUT2D eigenvalue weighted by molar-refractivity contribution is -0.137. The van der Waals surface area contributed by atoms with Crippen molar-refractivity contribution in [1.82, 2.24) is 0 Å². The Labute approximate surface area is 148 Å². The second-order valence-electron chi connectivity index (χ2n) is 5.12. The summed E-state index contributed by atoms with van der Waals surface area (Å²) >= 11 is 4.33. The molecule has 0 spiro atoms. The first kappa shape index (κ1) is 19.0. The zero-order valence-electron chi connectivity index (χ0n) is 13.2. The summed E-state index contributed by atoms with van der Waals surface area (Å²) in [6, 6.07) is 7.91. The zero-order chi connectivity index (χ0) is 18.6. The van der Waals surface area contributed by atoms with Crippen molar-refractivity contribution >= 4 is 24.3 Å². The molecule has 0 fully saturated rings. The average molecular weight is 371 g/mol. The maximum atomic E-state index is 13.0. The fourth-order valence-corrected chi connectivity index (χ4v) is 2.59. The molecule has 0 aliphatic carbocycles. The van der Waals surface area contributed by atoms with Gasteiger partial charge in [-0.1, -0.05) is 0 Å². The molecule has 0 bridgehead atoms. The summed E-state index contributed by atoms with van der Waals surface area (Å²) in [6.45, 7) is 1.84. The maximum Gasteiger partial charge on any atom is 0.416 e. The fraction of sp³-hybridized carbons (Fsp3) is 0.235. The van der Waals surface area contributed by atoms with Crippen molar-refractivity contribution in [3.05, 3.63) is 42.0 Å². The summed E-state index contributed by atoms with van der Waals surface area (Å²) in [6.07, 6.45) is -4.51. The Morgan fingerprint density at radius 2 is 1.92 bits per heavy atom. The third-order valence-corrected chi connectivity index (χ3v) is 3.72. The van der Waals surface area contributed by atoms with Gasteiger partial charge in [0.25, 0.3) is 0 Å². The van der Waals surface area contributed by atoms with Crippen LogP contribution in [0, 0.1) is 0 Å². The van der Waals surface area contributed by atoms with Crippen LogP contribution in [0.2, 0.25) is 0 Å². The first-order valence-electron chi connectivity index (χ1n) is 7.35. The molecule has 25 heavy (non-hydrogen) atoms. The first-order valence-corrected chi connectivity index (χ1v) is 7.80. The summed E-state index contributed by atoms with van der Waals surface area (Å²) in [4.78, 5) is 11.2. The highest BCUT2D eigenvalue weighted by molar-refractivity contribution is 7.80. The molecular formula is C17H16F3NO3S. The zero-order valence-corrected chi connectivity index (χ0v) is 14.1. The molecule has 0 radical (unpaired) electrons. The number of alkyl halides is 3. The molecule has 0 atom stereocenters. The normalized spacial score (nSPS) is 11.2. The molecule has 0 unspecified atom stereocenters. The van der Waals surface area contributed by atoms with E-state index in [2.05, 4.69) is 17.9 Å². The number of nitrogens with one attached hydrogen (secondary N) is 1. The second-order valence-corrected chi connectivity index (χ2v) is 5.60. The van der Waals surface area contributed by atoms with E-state index in [1.807, 2.05) is 6.92 Å². The van der Waals surface area contributed by atoms with Crippen molar-refractivity contribution in [3.8, 4) is 16.9 Å². The maximum absolute atomic E-state index is 13.0. The van der Waals surface area contributed by atoms with Crippen molar-refractivity contribution in [2.24, 2.45) is 0 Å². The van der Waals surface area contributed by atoms with E-state index in [0.29, 0.717) is 22.8 Å². The van der Waals surface area contributed by atoms with Gasteiger partial charge in [0.1, 0.15) is 12.3 Å². The van der Waals surface area contributed by atoms with E-state index in [9.17, 15) is 18.0 Å². The molecule has 8 heteroatoms. The lowest BCUT2D eigenvalue weighted by atomic mass is 10.00. The lowest BCUT2D eigenvalue weighted by Crippen LogP contribution is -2.13. The first-order chi connectivity index (χ1) is 11.7. The molecule has 134 valence electrons. The predicted molar refractivity (Wildman–Crippen MR) is 91.4 cm³/mol. The minimum Gasteiger partial charge on any atom is -0.494 e. The van der Waals surface area contributed by atoms with E-state index in [1.54, 1.807) is 18.2 Å². The van der Waals surface area contributed by atoms with Gasteiger partial charge in [-0.15, -0.1) is 12.6 Å². The van der Waals surface area contributed by atoms with Gasteiger partial charge >= 0.3 is 12.1 Å². The topological polar surface area (TPSA) is 58.6 Å². The van der Waals surface area contributed by atoms with Crippen LogP contribution in [-0.2, 0) is 11.0 Å². The van der Waals surface area contributed by atoms with Gasteiger partial charge in [0.15, 0.2) is 0 Å². The number of hydrogen-bond donors (Lipinski definition) is 3. The van der Waals surface area contributed by atoms with Crippen LogP contribution in [0.4, 0.5) is 18.9 Å². The summed E-state index contributed by atoms with van der Waals surface area (Å²) in [5.74, 6) is -0.577. The number of thiol groups is 1. The Balaban J connectivity index is 2.53.